The summed E-state index contributed by atoms with van der Waals surface area (Å²) in [6.07, 6.45) is 3.34. The van der Waals surface area contributed by atoms with Crippen molar-refractivity contribution in [2.45, 2.75) is 38.6 Å². The van der Waals surface area contributed by atoms with Crippen molar-refractivity contribution in [1.82, 2.24) is 5.32 Å². The lowest BCUT2D eigenvalue weighted by Gasteiger charge is -2.17. The third-order valence-corrected chi connectivity index (χ3v) is 3.07. The first-order valence-corrected chi connectivity index (χ1v) is 5.87. The minimum Gasteiger partial charge on any atom is -0.334 e. The number of fused-ring (bicyclic) bond motifs is 1. The Hall–Kier alpha value is -1.82. The average Bonchev–Trinajstić information content (AvgIpc) is 2.75. The molecule has 88 valence electrons. The molecule has 0 atom stereocenters. The van der Waals surface area contributed by atoms with Crippen LogP contribution >= 0.6 is 0 Å². The van der Waals surface area contributed by atoms with Crippen LogP contribution in [0.1, 0.15) is 41.8 Å². The second-order valence-electron chi connectivity index (χ2n) is 5.03. The van der Waals surface area contributed by atoms with Crippen LogP contribution in [0.5, 0.6) is 0 Å². The Morgan fingerprint density at radius 2 is 2.06 bits per heavy atom. The number of carbonyl (C=O) groups excluding carboxylic acids is 1. The third kappa shape index (κ3) is 2.47. The van der Waals surface area contributed by atoms with Gasteiger partial charge in [0.2, 0.25) is 0 Å². The van der Waals surface area contributed by atoms with Gasteiger partial charge in [-0.1, -0.05) is 6.07 Å². The Bertz CT molecular complexity index is 497. The highest BCUT2D eigenvalue weighted by Crippen LogP contribution is 2.22. The fourth-order valence-corrected chi connectivity index (χ4v) is 2.10. The van der Waals surface area contributed by atoms with Crippen LogP contribution in [-0.4, -0.2) is 11.4 Å². The number of aryl methyl sites for hydroxylation is 2. The van der Waals surface area contributed by atoms with Gasteiger partial charge < -0.3 is 5.32 Å². The molecule has 1 aromatic rings. The minimum absolute atomic E-state index is 0.175. The highest BCUT2D eigenvalue weighted by molar-refractivity contribution is 5.95. The number of hydrogen-bond donors (Lipinski definition) is 1. The number of amides is 1. The Kier molecular flexibility index (Phi) is 2.89. The predicted molar refractivity (Wildman–Crippen MR) is 65.6 cm³/mol. The summed E-state index contributed by atoms with van der Waals surface area (Å²) in [4.78, 5) is 12.0. The van der Waals surface area contributed by atoms with E-state index in [1.807, 2.05) is 18.2 Å². The normalized spacial score (nSPS) is 13.9. The zero-order chi connectivity index (χ0) is 12.5. The fourth-order valence-electron chi connectivity index (χ4n) is 2.10. The number of benzene rings is 1. The monoisotopic (exact) mass is 228 g/mol. The molecule has 0 fully saturated rings. The molecule has 3 heteroatoms. The zero-order valence-electron chi connectivity index (χ0n) is 10.2. The number of rotatable bonds is 2. The zero-order valence-corrected chi connectivity index (χ0v) is 10.2. The van der Waals surface area contributed by atoms with Crippen LogP contribution in [0.2, 0.25) is 0 Å². The summed E-state index contributed by atoms with van der Waals surface area (Å²) in [5.74, 6) is -0.175. The van der Waals surface area contributed by atoms with Crippen molar-refractivity contribution < 1.29 is 4.79 Å². The fraction of sp³-hybridized carbons (Fsp3) is 0.429. The maximum absolute atomic E-state index is 12.0. The van der Waals surface area contributed by atoms with Crippen LogP contribution in [0, 0.1) is 11.3 Å². The van der Waals surface area contributed by atoms with Crippen LogP contribution in [0.4, 0.5) is 0 Å². The molecule has 0 unspecified atom stereocenters. The molecule has 1 aliphatic rings. The first-order valence-electron chi connectivity index (χ1n) is 5.87. The molecule has 0 bridgehead atoms. The average molecular weight is 228 g/mol. The lowest BCUT2D eigenvalue weighted by Crippen LogP contribution is -2.42. The number of nitriles is 1. The van der Waals surface area contributed by atoms with Crippen molar-refractivity contribution >= 4 is 5.91 Å². The molecule has 2 rings (SSSR count). The number of hydrogen-bond acceptors (Lipinski definition) is 2. The van der Waals surface area contributed by atoms with Gasteiger partial charge >= 0.3 is 0 Å². The molecule has 0 saturated carbocycles. The second kappa shape index (κ2) is 4.21. The second-order valence-corrected chi connectivity index (χ2v) is 5.03. The summed E-state index contributed by atoms with van der Waals surface area (Å²) in [7, 11) is 0. The van der Waals surface area contributed by atoms with Gasteiger partial charge in [-0.25, -0.2) is 0 Å². The highest BCUT2D eigenvalue weighted by Gasteiger charge is 2.21. The van der Waals surface area contributed by atoms with Crippen LogP contribution in [0.3, 0.4) is 0 Å². The van der Waals surface area contributed by atoms with Crippen molar-refractivity contribution in [2.75, 3.05) is 0 Å². The van der Waals surface area contributed by atoms with Gasteiger partial charge in [0.15, 0.2) is 0 Å². The van der Waals surface area contributed by atoms with Gasteiger partial charge in [0.05, 0.1) is 6.07 Å². The molecule has 0 heterocycles. The van der Waals surface area contributed by atoms with E-state index in [2.05, 4.69) is 11.4 Å². The molecular formula is C14H16N2O. The molecule has 17 heavy (non-hydrogen) atoms. The molecule has 1 aliphatic carbocycles. The van der Waals surface area contributed by atoms with E-state index in [4.69, 9.17) is 5.26 Å². The van der Waals surface area contributed by atoms with E-state index in [1.165, 1.54) is 17.5 Å². The summed E-state index contributed by atoms with van der Waals surface area (Å²) in [5, 5.41) is 11.6. The van der Waals surface area contributed by atoms with Gasteiger partial charge in [-0.2, -0.15) is 5.26 Å². The largest absolute Gasteiger partial charge is 0.334 e. The number of nitrogens with one attached hydrogen (secondary N) is 1. The maximum atomic E-state index is 12.0. The molecule has 1 aromatic carbocycles. The van der Waals surface area contributed by atoms with E-state index in [0.29, 0.717) is 5.56 Å². The van der Waals surface area contributed by atoms with Crippen molar-refractivity contribution in [3.63, 3.8) is 0 Å². The van der Waals surface area contributed by atoms with E-state index in [-0.39, 0.29) is 5.91 Å². The van der Waals surface area contributed by atoms with E-state index in [1.54, 1.807) is 13.8 Å². The molecule has 0 spiro atoms. The molecule has 0 aliphatic heterocycles. The molecule has 0 aromatic heterocycles. The predicted octanol–water partition coefficient (Wildman–Crippen LogP) is 2.21. The molecule has 0 saturated heterocycles. The SMILES string of the molecule is CC(C)(C#N)NC(=O)c1ccc2c(c1)CCC2. The standard InChI is InChI=1S/C14H16N2O/c1-14(2,9-15)16-13(17)12-7-6-10-4-3-5-11(10)8-12/h6-8H,3-5H2,1-2H3,(H,16,17). The smallest absolute Gasteiger partial charge is 0.252 e. The van der Waals surface area contributed by atoms with Crippen molar-refractivity contribution in [1.29, 1.82) is 5.26 Å². The van der Waals surface area contributed by atoms with Crippen LogP contribution in [0.15, 0.2) is 18.2 Å². The maximum Gasteiger partial charge on any atom is 0.252 e. The van der Waals surface area contributed by atoms with Gasteiger partial charge in [0, 0.05) is 5.56 Å². The van der Waals surface area contributed by atoms with Crippen LogP contribution < -0.4 is 5.32 Å². The van der Waals surface area contributed by atoms with Crippen LogP contribution in [0.25, 0.3) is 0 Å². The Labute approximate surface area is 101 Å². The van der Waals surface area contributed by atoms with Gasteiger partial charge in [-0.15, -0.1) is 0 Å². The highest BCUT2D eigenvalue weighted by atomic mass is 16.1. The first kappa shape index (κ1) is 11.7. The van der Waals surface area contributed by atoms with E-state index in [0.717, 1.165) is 12.8 Å². The van der Waals surface area contributed by atoms with Gasteiger partial charge in [-0.05, 0) is 56.4 Å². The van der Waals surface area contributed by atoms with E-state index in [9.17, 15) is 4.79 Å². The van der Waals surface area contributed by atoms with Gasteiger partial charge in [-0.3, -0.25) is 4.79 Å². The summed E-state index contributed by atoms with van der Waals surface area (Å²) in [6.45, 7) is 3.39. The van der Waals surface area contributed by atoms with Crippen molar-refractivity contribution in [3.05, 3.63) is 34.9 Å². The summed E-state index contributed by atoms with van der Waals surface area (Å²) in [5.41, 5.74) is 2.44. The summed E-state index contributed by atoms with van der Waals surface area (Å²) < 4.78 is 0. The third-order valence-electron chi connectivity index (χ3n) is 3.07. The lowest BCUT2D eigenvalue weighted by molar-refractivity contribution is 0.0929. The lowest BCUT2D eigenvalue weighted by atomic mass is 10.0. The molecule has 0 radical (unpaired) electrons. The van der Waals surface area contributed by atoms with Crippen molar-refractivity contribution in [3.8, 4) is 6.07 Å². The molecule has 1 amide bonds. The topological polar surface area (TPSA) is 52.9 Å². The van der Waals surface area contributed by atoms with Gasteiger partial charge in [0.25, 0.3) is 5.91 Å². The number of carbonyl (C=O) groups is 1. The number of nitrogens with zero attached hydrogens (tertiary/aromatic N) is 1. The van der Waals surface area contributed by atoms with E-state index < -0.39 is 5.54 Å². The Balaban J connectivity index is 2.19. The Morgan fingerprint density at radius 1 is 1.35 bits per heavy atom. The first-order chi connectivity index (χ1) is 8.02. The van der Waals surface area contributed by atoms with E-state index >= 15 is 0 Å². The van der Waals surface area contributed by atoms with Crippen molar-refractivity contribution in [2.24, 2.45) is 0 Å². The molecule has 1 N–H and O–H groups in total. The van der Waals surface area contributed by atoms with Crippen LogP contribution in [-0.2, 0) is 12.8 Å². The van der Waals surface area contributed by atoms with Gasteiger partial charge in [0.1, 0.15) is 5.54 Å². The Morgan fingerprint density at radius 3 is 2.76 bits per heavy atom. The summed E-state index contributed by atoms with van der Waals surface area (Å²) >= 11 is 0. The minimum atomic E-state index is -0.823. The molecular weight excluding hydrogens is 212 g/mol. The molecule has 3 nitrogen and oxygen atoms in total. The summed E-state index contributed by atoms with van der Waals surface area (Å²) in [6, 6.07) is 7.88. The quantitative estimate of drug-likeness (QED) is 0.843.